The Bertz CT molecular complexity index is 2700. The number of nitrogens with zero attached hydrogens (tertiary/aromatic N) is 1. The van der Waals surface area contributed by atoms with Gasteiger partial charge in [-0.25, -0.2) is 0 Å². The smallest absolute Gasteiger partial charge is 0.0626 e. The van der Waals surface area contributed by atoms with E-state index in [2.05, 4.69) is 156 Å². The summed E-state index contributed by atoms with van der Waals surface area (Å²) in [5, 5.41) is 13.0. The van der Waals surface area contributed by atoms with Gasteiger partial charge in [-0.1, -0.05) is 127 Å². The molecule has 210 valence electrons. The Hall–Kier alpha value is -5.66. The first kappa shape index (κ1) is 24.7. The largest absolute Gasteiger partial charge is 0.309 e. The van der Waals surface area contributed by atoms with Gasteiger partial charge in [0.05, 0.1) is 11.0 Å². The lowest BCUT2D eigenvalue weighted by atomic mass is 9.88. The van der Waals surface area contributed by atoms with Gasteiger partial charge < -0.3 is 4.57 Å². The van der Waals surface area contributed by atoms with Crippen LogP contribution < -0.4 is 0 Å². The van der Waals surface area contributed by atoms with Crippen molar-refractivity contribution in [1.29, 1.82) is 0 Å². The molecule has 0 amide bonds. The lowest BCUT2D eigenvalue weighted by Gasteiger charge is -2.17. The lowest BCUT2D eigenvalue weighted by Crippen LogP contribution is -1.99. The summed E-state index contributed by atoms with van der Waals surface area (Å²) in [6.45, 7) is 0. The van der Waals surface area contributed by atoms with E-state index >= 15 is 0 Å². The summed E-state index contributed by atoms with van der Waals surface area (Å²) >= 11 is 0. The Morgan fingerprint density at radius 2 is 1.18 bits per heavy atom. The number of allylic oxidation sites excluding steroid dienone is 1. The number of para-hydroxylation sites is 1. The SMILES string of the molecule is C1=C(c2ccc3ccc(-n4c5ccccc5c5c6c7ccccc7ccc6c6ccccc6c54)cc3c2)CCc2ccccc21. The lowest BCUT2D eigenvalue weighted by molar-refractivity contribution is 1.00. The van der Waals surface area contributed by atoms with Gasteiger partial charge in [-0.3, -0.25) is 0 Å². The molecular formula is C44H29N. The van der Waals surface area contributed by atoms with E-state index in [-0.39, 0.29) is 0 Å². The molecule has 0 bridgehead atoms. The molecule has 10 rings (SSSR count). The summed E-state index contributed by atoms with van der Waals surface area (Å²) < 4.78 is 2.51. The number of benzene rings is 8. The van der Waals surface area contributed by atoms with Gasteiger partial charge in [0.1, 0.15) is 0 Å². The predicted molar refractivity (Wildman–Crippen MR) is 193 cm³/mol. The Morgan fingerprint density at radius 3 is 2.11 bits per heavy atom. The summed E-state index contributed by atoms with van der Waals surface area (Å²) in [6, 6.07) is 54.1. The minimum atomic E-state index is 1.07. The van der Waals surface area contributed by atoms with Gasteiger partial charge in [-0.15, -0.1) is 0 Å². The van der Waals surface area contributed by atoms with Crippen molar-refractivity contribution in [2.45, 2.75) is 12.8 Å². The fourth-order valence-corrected chi connectivity index (χ4v) is 7.94. The number of hydrogen-bond acceptors (Lipinski definition) is 0. The molecule has 8 aromatic carbocycles. The van der Waals surface area contributed by atoms with Crippen LogP contribution in [-0.4, -0.2) is 4.57 Å². The minimum Gasteiger partial charge on any atom is -0.309 e. The highest BCUT2D eigenvalue weighted by atomic mass is 15.0. The summed E-state index contributed by atoms with van der Waals surface area (Å²) in [5.41, 5.74) is 9.24. The summed E-state index contributed by atoms with van der Waals surface area (Å²) in [7, 11) is 0. The molecule has 0 atom stereocenters. The molecule has 0 saturated heterocycles. The van der Waals surface area contributed by atoms with Crippen LogP contribution in [-0.2, 0) is 6.42 Å². The average Bonchev–Trinajstić information content (AvgIpc) is 3.46. The second-order valence-electron chi connectivity index (χ2n) is 12.4. The quantitative estimate of drug-likeness (QED) is 0.182. The fourth-order valence-electron chi connectivity index (χ4n) is 7.94. The van der Waals surface area contributed by atoms with Crippen molar-refractivity contribution in [2.24, 2.45) is 0 Å². The Balaban J connectivity index is 1.29. The maximum Gasteiger partial charge on any atom is 0.0626 e. The van der Waals surface area contributed by atoms with E-state index in [1.54, 1.807) is 0 Å². The maximum atomic E-state index is 2.51. The molecule has 0 aliphatic heterocycles. The standard InChI is InChI=1S/C44H29N/c1-2-11-31-25-32(19-17-28(31)9-1)33-20-18-29-21-23-35(27-34(29)26-33)45-41-16-8-7-15-40(41)43-42-36-12-4-3-10-30(36)22-24-38(42)37-13-5-6-14-39(37)44(43)45/h1-16,18,20-27H,17,19H2. The highest BCUT2D eigenvalue weighted by molar-refractivity contribution is 6.36. The topological polar surface area (TPSA) is 4.93 Å². The molecule has 1 aliphatic carbocycles. The molecule has 0 radical (unpaired) electrons. The maximum absolute atomic E-state index is 2.51. The van der Waals surface area contributed by atoms with Gasteiger partial charge >= 0.3 is 0 Å². The zero-order chi connectivity index (χ0) is 29.5. The van der Waals surface area contributed by atoms with E-state index in [0.717, 1.165) is 12.8 Å². The normalized spacial score (nSPS) is 13.3. The molecule has 1 aromatic heterocycles. The number of aromatic nitrogens is 1. The Labute approximate surface area is 261 Å². The van der Waals surface area contributed by atoms with E-state index in [1.165, 1.54) is 92.8 Å². The van der Waals surface area contributed by atoms with Gasteiger partial charge in [-0.05, 0) is 91.7 Å². The van der Waals surface area contributed by atoms with Crippen molar-refractivity contribution in [3.63, 3.8) is 0 Å². The van der Waals surface area contributed by atoms with Crippen LogP contribution in [0, 0.1) is 0 Å². The van der Waals surface area contributed by atoms with Crippen LogP contribution in [0.15, 0.2) is 146 Å². The van der Waals surface area contributed by atoms with Crippen LogP contribution >= 0.6 is 0 Å². The monoisotopic (exact) mass is 571 g/mol. The highest BCUT2D eigenvalue weighted by Gasteiger charge is 2.20. The molecule has 1 nitrogen and oxygen atoms in total. The molecular weight excluding hydrogens is 542 g/mol. The van der Waals surface area contributed by atoms with Crippen LogP contribution in [0.5, 0.6) is 0 Å². The first-order chi connectivity index (χ1) is 22.3. The predicted octanol–water partition coefficient (Wildman–Crippen LogP) is 11.9. The van der Waals surface area contributed by atoms with Gasteiger partial charge in [-0.2, -0.15) is 0 Å². The van der Waals surface area contributed by atoms with Crippen molar-refractivity contribution < 1.29 is 0 Å². The van der Waals surface area contributed by atoms with Crippen LogP contribution in [0.4, 0.5) is 0 Å². The third-order valence-electron chi connectivity index (χ3n) is 10.0. The van der Waals surface area contributed by atoms with E-state index in [4.69, 9.17) is 0 Å². The third-order valence-corrected chi connectivity index (χ3v) is 10.0. The summed E-state index contributed by atoms with van der Waals surface area (Å²) in [4.78, 5) is 0. The zero-order valence-corrected chi connectivity index (χ0v) is 24.8. The highest BCUT2D eigenvalue weighted by Crippen LogP contribution is 2.45. The van der Waals surface area contributed by atoms with E-state index < -0.39 is 0 Å². The molecule has 9 aromatic rings. The minimum absolute atomic E-state index is 1.07. The van der Waals surface area contributed by atoms with Gasteiger partial charge in [0, 0.05) is 27.2 Å². The molecule has 45 heavy (non-hydrogen) atoms. The van der Waals surface area contributed by atoms with Crippen LogP contribution in [0.1, 0.15) is 23.1 Å². The second-order valence-corrected chi connectivity index (χ2v) is 12.4. The first-order valence-corrected chi connectivity index (χ1v) is 15.9. The molecule has 0 unspecified atom stereocenters. The van der Waals surface area contributed by atoms with Gasteiger partial charge in [0.2, 0.25) is 0 Å². The number of fused-ring (bicyclic) bond motifs is 12. The molecule has 1 heterocycles. The summed E-state index contributed by atoms with van der Waals surface area (Å²) in [5.74, 6) is 0. The number of aryl methyl sites for hydroxylation is 1. The van der Waals surface area contributed by atoms with Gasteiger partial charge in [0.15, 0.2) is 0 Å². The van der Waals surface area contributed by atoms with Crippen molar-refractivity contribution in [3.05, 3.63) is 162 Å². The van der Waals surface area contributed by atoms with Crippen molar-refractivity contribution in [2.75, 3.05) is 0 Å². The van der Waals surface area contributed by atoms with E-state index in [0.29, 0.717) is 0 Å². The number of rotatable bonds is 2. The molecule has 1 heteroatoms. The molecule has 0 spiro atoms. The van der Waals surface area contributed by atoms with Crippen molar-refractivity contribution >= 4 is 76.5 Å². The molecule has 0 fully saturated rings. The van der Waals surface area contributed by atoms with Gasteiger partial charge in [0.25, 0.3) is 0 Å². The van der Waals surface area contributed by atoms with Crippen molar-refractivity contribution in [3.8, 4) is 5.69 Å². The van der Waals surface area contributed by atoms with Crippen LogP contribution in [0.25, 0.3) is 82.2 Å². The Kier molecular flexibility index (Phi) is 5.18. The van der Waals surface area contributed by atoms with Crippen LogP contribution in [0.2, 0.25) is 0 Å². The Morgan fingerprint density at radius 1 is 0.444 bits per heavy atom. The van der Waals surface area contributed by atoms with E-state index in [9.17, 15) is 0 Å². The molecule has 0 N–H and O–H groups in total. The zero-order valence-electron chi connectivity index (χ0n) is 24.8. The first-order valence-electron chi connectivity index (χ1n) is 15.9. The van der Waals surface area contributed by atoms with Crippen molar-refractivity contribution in [1.82, 2.24) is 4.57 Å². The third kappa shape index (κ3) is 3.62. The average molecular weight is 572 g/mol. The van der Waals surface area contributed by atoms with E-state index in [1.807, 2.05) is 0 Å². The molecule has 0 saturated carbocycles. The number of hydrogen-bond donors (Lipinski definition) is 0. The fraction of sp³-hybridized carbons (Fsp3) is 0.0455. The molecule has 1 aliphatic rings. The van der Waals surface area contributed by atoms with Crippen LogP contribution in [0.3, 0.4) is 0 Å². The second kappa shape index (κ2) is 9.42. The summed E-state index contributed by atoms with van der Waals surface area (Å²) in [6.07, 6.45) is 4.55.